The van der Waals surface area contributed by atoms with Crippen LogP contribution in [-0.4, -0.2) is 18.2 Å². The van der Waals surface area contributed by atoms with Crippen molar-refractivity contribution in [2.75, 3.05) is 18.2 Å². The lowest BCUT2D eigenvalue weighted by Gasteiger charge is -2.25. The van der Waals surface area contributed by atoms with Gasteiger partial charge in [0.05, 0.1) is 0 Å². The first-order valence-corrected chi connectivity index (χ1v) is 12.4. The van der Waals surface area contributed by atoms with Gasteiger partial charge in [0.25, 0.3) is 0 Å². The highest BCUT2D eigenvalue weighted by Crippen LogP contribution is 2.50. The summed E-state index contributed by atoms with van der Waals surface area (Å²) in [5.74, 6) is 1.42. The van der Waals surface area contributed by atoms with Gasteiger partial charge in [-0.25, -0.2) is 0 Å². The summed E-state index contributed by atoms with van der Waals surface area (Å²) in [5, 5.41) is 3.21. The van der Waals surface area contributed by atoms with Crippen molar-refractivity contribution in [2.24, 2.45) is 0 Å². The molecule has 0 nitrogen and oxygen atoms in total. The lowest BCUT2D eigenvalue weighted by atomic mass is 10.4. The predicted octanol–water partition coefficient (Wildman–Crippen LogP) is 6.16. The monoisotopic (exact) mass is 344 g/mol. The summed E-state index contributed by atoms with van der Waals surface area (Å²) >= 11 is 0. The highest BCUT2D eigenvalue weighted by atomic mass is 31.2. The molecule has 0 aliphatic carbocycles. The van der Waals surface area contributed by atoms with Gasteiger partial charge in [0.1, 0.15) is 0 Å². The molecule has 2 rings (SSSR count). The van der Waals surface area contributed by atoms with Gasteiger partial charge in [-0.2, -0.15) is 0 Å². The molecule has 0 aromatic heterocycles. The van der Waals surface area contributed by atoms with Crippen LogP contribution in [0.4, 0.5) is 0 Å². The van der Waals surface area contributed by atoms with Gasteiger partial charge in [0, 0.05) is 0 Å². The van der Waals surface area contributed by atoms with Gasteiger partial charge in [-0.05, 0) is 41.7 Å². The fourth-order valence-electron chi connectivity index (χ4n) is 2.74. The molecule has 2 unspecified atom stereocenters. The van der Waals surface area contributed by atoms with Crippen molar-refractivity contribution >= 4 is 26.5 Å². The predicted molar refractivity (Wildman–Crippen MR) is 110 cm³/mol. The van der Waals surface area contributed by atoms with E-state index < -0.39 is 0 Å². The molecular weight excluding hydrogens is 314 g/mol. The number of hydrogen-bond acceptors (Lipinski definition) is 0. The van der Waals surface area contributed by atoms with Crippen LogP contribution in [0.2, 0.25) is 0 Å². The minimum atomic E-state index is -0.0124. The first kappa shape index (κ1) is 18.6. The van der Waals surface area contributed by atoms with Crippen molar-refractivity contribution in [3.8, 4) is 0 Å². The van der Waals surface area contributed by atoms with Crippen molar-refractivity contribution in [1.82, 2.24) is 0 Å². The van der Waals surface area contributed by atoms with Crippen molar-refractivity contribution < 1.29 is 0 Å². The molecule has 2 heteroatoms. The van der Waals surface area contributed by atoms with E-state index in [2.05, 4.69) is 74.5 Å². The van der Waals surface area contributed by atoms with Gasteiger partial charge in [0.2, 0.25) is 0 Å². The van der Waals surface area contributed by atoms with E-state index >= 15 is 0 Å². The number of benzene rings is 2. The number of unbranched alkanes of at least 4 members (excludes halogenated alkanes) is 2. The Hall–Kier alpha value is -0.700. The second-order valence-electron chi connectivity index (χ2n) is 6.05. The number of rotatable bonds is 10. The van der Waals surface area contributed by atoms with Crippen molar-refractivity contribution in [1.29, 1.82) is 0 Å². The highest BCUT2D eigenvalue weighted by Gasteiger charge is 2.18. The third kappa shape index (κ3) is 6.37. The SMILES string of the molecule is CCCCP(CP(CCCC)c1ccccc1)c1ccccc1. The summed E-state index contributed by atoms with van der Waals surface area (Å²) in [6, 6.07) is 22.6. The van der Waals surface area contributed by atoms with Crippen LogP contribution in [0.1, 0.15) is 39.5 Å². The molecule has 0 N–H and O–H groups in total. The molecule has 0 saturated heterocycles. The Morgan fingerprint density at radius 1 is 0.609 bits per heavy atom. The Bertz CT molecular complexity index is 475. The van der Waals surface area contributed by atoms with E-state index in [4.69, 9.17) is 0 Å². The standard InChI is InChI=1S/C21H30P2/c1-3-5-17-22(20-13-9-7-10-14-20)19-23(18-6-4-2)21-15-11-8-12-16-21/h7-16H,3-6,17-19H2,1-2H3. The molecule has 23 heavy (non-hydrogen) atoms. The van der Waals surface area contributed by atoms with Crippen molar-refractivity contribution in [3.05, 3.63) is 60.7 Å². The molecule has 2 aromatic carbocycles. The molecule has 124 valence electrons. The average Bonchev–Trinajstić information content (AvgIpc) is 2.62. The Balaban J connectivity index is 2.15. The zero-order chi connectivity index (χ0) is 16.3. The zero-order valence-electron chi connectivity index (χ0n) is 14.6. The second-order valence-corrected chi connectivity index (χ2v) is 11.3. The molecule has 2 aromatic rings. The summed E-state index contributed by atoms with van der Waals surface area (Å²) in [5.41, 5.74) is 0. The van der Waals surface area contributed by atoms with E-state index in [1.165, 1.54) is 43.9 Å². The third-order valence-electron chi connectivity index (χ3n) is 4.15. The smallest absolute Gasteiger partial charge is 0.00399 e. The summed E-state index contributed by atoms with van der Waals surface area (Å²) < 4.78 is 0. The van der Waals surface area contributed by atoms with E-state index in [1.54, 1.807) is 10.6 Å². The maximum absolute atomic E-state index is 2.36. The van der Waals surface area contributed by atoms with Gasteiger partial charge in [-0.1, -0.05) is 103 Å². The van der Waals surface area contributed by atoms with E-state index in [0.717, 1.165) is 0 Å². The number of hydrogen-bond donors (Lipinski definition) is 0. The van der Waals surface area contributed by atoms with Crippen LogP contribution in [0.5, 0.6) is 0 Å². The van der Waals surface area contributed by atoms with Crippen molar-refractivity contribution in [3.63, 3.8) is 0 Å². The summed E-state index contributed by atoms with van der Waals surface area (Å²) in [7, 11) is -0.0248. The van der Waals surface area contributed by atoms with Gasteiger partial charge in [0.15, 0.2) is 0 Å². The Labute approximate surface area is 145 Å². The van der Waals surface area contributed by atoms with Crippen LogP contribution in [-0.2, 0) is 0 Å². The molecule has 0 amide bonds. The lowest BCUT2D eigenvalue weighted by molar-refractivity contribution is 0.890. The molecule has 0 aliphatic heterocycles. The van der Waals surface area contributed by atoms with Crippen LogP contribution in [0.3, 0.4) is 0 Å². The summed E-state index contributed by atoms with van der Waals surface area (Å²) in [6.07, 6.45) is 8.15. The van der Waals surface area contributed by atoms with Crippen LogP contribution < -0.4 is 10.6 Å². The van der Waals surface area contributed by atoms with E-state index in [0.29, 0.717) is 0 Å². The van der Waals surface area contributed by atoms with Gasteiger partial charge in [-0.3, -0.25) is 0 Å². The summed E-state index contributed by atoms with van der Waals surface area (Å²) in [6.45, 7) is 4.63. The maximum atomic E-state index is 2.36. The van der Waals surface area contributed by atoms with Gasteiger partial charge < -0.3 is 0 Å². The topological polar surface area (TPSA) is 0 Å². The van der Waals surface area contributed by atoms with E-state index in [9.17, 15) is 0 Å². The molecule has 0 spiro atoms. The maximum Gasteiger partial charge on any atom is -0.00399 e. The largest absolute Gasteiger partial charge is 0.0706 e. The second kappa shape index (κ2) is 11.0. The van der Waals surface area contributed by atoms with E-state index in [1.807, 2.05) is 0 Å². The van der Waals surface area contributed by atoms with Gasteiger partial charge in [-0.15, -0.1) is 0 Å². The summed E-state index contributed by atoms with van der Waals surface area (Å²) in [4.78, 5) is 0. The third-order valence-corrected chi connectivity index (χ3v) is 10.6. The molecule has 0 radical (unpaired) electrons. The van der Waals surface area contributed by atoms with Crippen LogP contribution in [0, 0.1) is 0 Å². The quantitative estimate of drug-likeness (QED) is 0.453. The average molecular weight is 344 g/mol. The van der Waals surface area contributed by atoms with Crippen molar-refractivity contribution in [2.45, 2.75) is 39.5 Å². The first-order chi connectivity index (χ1) is 11.3. The molecule has 0 fully saturated rings. The zero-order valence-corrected chi connectivity index (χ0v) is 16.4. The lowest BCUT2D eigenvalue weighted by Crippen LogP contribution is -2.11. The van der Waals surface area contributed by atoms with Crippen LogP contribution in [0.25, 0.3) is 0 Å². The van der Waals surface area contributed by atoms with Gasteiger partial charge >= 0.3 is 0 Å². The fraction of sp³-hybridized carbons (Fsp3) is 0.429. The fourth-order valence-corrected chi connectivity index (χ4v) is 9.93. The minimum Gasteiger partial charge on any atom is -0.0706 e. The molecule has 0 saturated carbocycles. The molecule has 2 atom stereocenters. The molecule has 0 heterocycles. The van der Waals surface area contributed by atoms with Crippen LogP contribution >= 0.6 is 15.8 Å². The first-order valence-electron chi connectivity index (χ1n) is 8.95. The molecule has 0 bridgehead atoms. The normalized spacial score (nSPS) is 13.7. The van der Waals surface area contributed by atoms with E-state index in [-0.39, 0.29) is 15.8 Å². The Morgan fingerprint density at radius 2 is 1.00 bits per heavy atom. The van der Waals surface area contributed by atoms with Crippen LogP contribution in [0.15, 0.2) is 60.7 Å². The Morgan fingerprint density at radius 3 is 1.35 bits per heavy atom. The minimum absolute atomic E-state index is 0.0124. The highest BCUT2D eigenvalue weighted by molar-refractivity contribution is 7.81. The molecule has 0 aliphatic rings. The Kier molecular flexibility index (Phi) is 8.88. The molecular formula is C21H30P2.